The van der Waals surface area contributed by atoms with E-state index < -0.39 is 0 Å². The number of rotatable bonds is 7. The molecule has 6 nitrogen and oxygen atoms in total. The average Bonchev–Trinajstić information content (AvgIpc) is 3.06. The number of unbranched alkanes of at least 4 members (excludes halogenated alkanes) is 1. The van der Waals surface area contributed by atoms with Gasteiger partial charge < -0.3 is 5.32 Å². The number of nitrogens with zero attached hydrogens (tertiary/aromatic N) is 3. The third-order valence-corrected chi connectivity index (χ3v) is 5.67. The van der Waals surface area contributed by atoms with E-state index in [0.29, 0.717) is 18.3 Å². The van der Waals surface area contributed by atoms with E-state index >= 15 is 0 Å². The minimum atomic E-state index is 0. The molecule has 2 N–H and O–H groups in total. The van der Waals surface area contributed by atoms with Crippen LogP contribution in [0.5, 0.6) is 0 Å². The third-order valence-electron chi connectivity index (χ3n) is 5.67. The first-order chi connectivity index (χ1) is 13.8. The molecule has 1 fully saturated rings. The summed E-state index contributed by atoms with van der Waals surface area (Å²) in [5.41, 5.74) is 2.87. The van der Waals surface area contributed by atoms with Crippen molar-refractivity contribution in [3.8, 4) is 0 Å². The quantitative estimate of drug-likeness (QED) is 0.636. The first-order valence-electron chi connectivity index (χ1n) is 10.8. The number of aryl methyl sites for hydroxylation is 2. The van der Waals surface area contributed by atoms with Gasteiger partial charge in [0.25, 0.3) is 0 Å². The predicted octanol–water partition coefficient (Wildman–Crippen LogP) is 4.35. The Labute approximate surface area is 186 Å². The molecule has 30 heavy (non-hydrogen) atoms. The molecule has 1 aromatic carbocycles. The van der Waals surface area contributed by atoms with Crippen molar-refractivity contribution in [1.29, 1.82) is 0 Å². The van der Waals surface area contributed by atoms with Crippen LogP contribution in [0.15, 0.2) is 24.3 Å². The minimum absolute atomic E-state index is 0. The van der Waals surface area contributed by atoms with E-state index in [4.69, 9.17) is 0 Å². The minimum Gasteiger partial charge on any atom is -0.317 e. The number of aromatic nitrogens is 3. The van der Waals surface area contributed by atoms with Crippen LogP contribution in [0.25, 0.3) is 0 Å². The zero-order valence-electron chi connectivity index (χ0n) is 18.7. The summed E-state index contributed by atoms with van der Waals surface area (Å²) in [6, 6.07) is 8.86. The van der Waals surface area contributed by atoms with Crippen LogP contribution in [0.2, 0.25) is 0 Å². The first kappa shape index (κ1) is 24.4. The summed E-state index contributed by atoms with van der Waals surface area (Å²) in [4.78, 5) is 16.9. The molecule has 3 rings (SSSR count). The molecule has 0 unspecified atom stereocenters. The number of anilines is 1. The fourth-order valence-corrected chi connectivity index (χ4v) is 3.74. The summed E-state index contributed by atoms with van der Waals surface area (Å²) >= 11 is 0. The van der Waals surface area contributed by atoms with E-state index in [-0.39, 0.29) is 23.7 Å². The molecule has 0 saturated carbocycles. The van der Waals surface area contributed by atoms with Gasteiger partial charge in [0.05, 0.1) is 0 Å². The normalized spacial score (nSPS) is 14.9. The molecule has 1 aliphatic rings. The van der Waals surface area contributed by atoms with Crippen molar-refractivity contribution >= 4 is 24.3 Å². The van der Waals surface area contributed by atoms with Crippen molar-refractivity contribution in [3.05, 3.63) is 41.2 Å². The lowest BCUT2D eigenvalue weighted by atomic mass is 9.86. The van der Waals surface area contributed by atoms with Crippen LogP contribution in [0.1, 0.15) is 75.7 Å². The number of hydrogen-bond donors (Lipinski definition) is 2. The van der Waals surface area contributed by atoms with Crippen molar-refractivity contribution in [2.75, 3.05) is 18.4 Å². The molecular weight excluding hydrogens is 398 g/mol. The van der Waals surface area contributed by atoms with E-state index in [1.807, 2.05) is 7.05 Å². The zero-order chi connectivity index (χ0) is 20.9. The Morgan fingerprint density at radius 3 is 2.47 bits per heavy atom. The summed E-state index contributed by atoms with van der Waals surface area (Å²) < 4.78 is 1.69. The monoisotopic (exact) mass is 433 g/mol. The van der Waals surface area contributed by atoms with Crippen molar-refractivity contribution in [2.45, 2.75) is 70.6 Å². The van der Waals surface area contributed by atoms with Crippen LogP contribution in [-0.4, -0.2) is 33.8 Å². The van der Waals surface area contributed by atoms with Gasteiger partial charge in [0.15, 0.2) is 5.82 Å². The Morgan fingerprint density at radius 1 is 1.17 bits per heavy atom. The van der Waals surface area contributed by atoms with E-state index in [1.54, 1.807) is 4.68 Å². The number of nitrogens with one attached hydrogen (secondary N) is 2. The Bertz CT molecular complexity index is 804. The van der Waals surface area contributed by atoms with E-state index in [1.165, 1.54) is 11.1 Å². The van der Waals surface area contributed by atoms with E-state index in [2.05, 4.69) is 65.8 Å². The molecule has 2 heterocycles. The molecule has 1 saturated heterocycles. The number of carbonyl (C=O) groups is 1. The molecule has 0 aliphatic carbocycles. The van der Waals surface area contributed by atoms with Gasteiger partial charge >= 0.3 is 0 Å². The lowest BCUT2D eigenvalue weighted by Crippen LogP contribution is -2.27. The van der Waals surface area contributed by atoms with E-state index in [0.717, 1.165) is 51.0 Å². The highest BCUT2D eigenvalue weighted by Crippen LogP contribution is 2.24. The maximum absolute atomic E-state index is 12.3. The fourth-order valence-electron chi connectivity index (χ4n) is 3.74. The highest BCUT2D eigenvalue weighted by Gasteiger charge is 2.21. The maximum Gasteiger partial charge on any atom is 0.227 e. The van der Waals surface area contributed by atoms with Gasteiger partial charge in [-0.15, -0.1) is 12.4 Å². The topological polar surface area (TPSA) is 71.8 Å². The van der Waals surface area contributed by atoms with Crippen molar-refractivity contribution in [3.63, 3.8) is 0 Å². The molecule has 166 valence electrons. The van der Waals surface area contributed by atoms with Crippen LogP contribution in [0.4, 0.5) is 5.95 Å². The van der Waals surface area contributed by atoms with Gasteiger partial charge in [0, 0.05) is 19.4 Å². The second kappa shape index (κ2) is 10.9. The number of amides is 1. The number of carbonyl (C=O) groups excluding carboxylic acids is 1. The largest absolute Gasteiger partial charge is 0.317 e. The summed E-state index contributed by atoms with van der Waals surface area (Å²) in [5, 5.41) is 10.8. The predicted molar refractivity (Wildman–Crippen MR) is 124 cm³/mol. The van der Waals surface area contributed by atoms with Gasteiger partial charge in [-0.2, -0.15) is 10.1 Å². The number of piperidine rings is 1. The second-order valence-electron chi connectivity index (χ2n) is 9.14. The molecule has 1 aromatic heterocycles. The summed E-state index contributed by atoms with van der Waals surface area (Å²) in [6.45, 7) is 8.69. The van der Waals surface area contributed by atoms with Gasteiger partial charge in [0.2, 0.25) is 11.9 Å². The Kier molecular flexibility index (Phi) is 8.86. The van der Waals surface area contributed by atoms with Crippen molar-refractivity contribution in [2.24, 2.45) is 7.05 Å². The zero-order valence-corrected chi connectivity index (χ0v) is 19.5. The summed E-state index contributed by atoms with van der Waals surface area (Å²) in [7, 11) is 1.84. The lowest BCUT2D eigenvalue weighted by molar-refractivity contribution is -0.116. The molecular formula is C23H36ClN5O. The first-order valence-corrected chi connectivity index (χ1v) is 10.8. The highest BCUT2D eigenvalue weighted by molar-refractivity contribution is 5.88. The lowest BCUT2D eigenvalue weighted by Gasteiger charge is -2.19. The van der Waals surface area contributed by atoms with Crippen LogP contribution >= 0.6 is 12.4 Å². The van der Waals surface area contributed by atoms with Gasteiger partial charge in [-0.1, -0.05) is 45.0 Å². The van der Waals surface area contributed by atoms with Gasteiger partial charge in [-0.25, -0.2) is 4.68 Å². The Morgan fingerprint density at radius 2 is 1.83 bits per heavy atom. The molecule has 2 aromatic rings. The number of hydrogen-bond acceptors (Lipinski definition) is 4. The smallest absolute Gasteiger partial charge is 0.227 e. The molecule has 0 bridgehead atoms. The van der Waals surface area contributed by atoms with Crippen molar-refractivity contribution in [1.82, 2.24) is 20.1 Å². The number of benzene rings is 1. The SMILES string of the molecule is Cl.Cn1nc(C2CCNCC2)nc1NC(=O)CCCCc1ccc(C(C)(C)C)cc1. The summed E-state index contributed by atoms with van der Waals surface area (Å²) in [6.07, 6.45) is 5.48. The highest BCUT2D eigenvalue weighted by atomic mass is 35.5. The Hall–Kier alpha value is -1.92. The van der Waals surface area contributed by atoms with Crippen molar-refractivity contribution < 1.29 is 4.79 Å². The molecule has 7 heteroatoms. The van der Waals surface area contributed by atoms with Crippen LogP contribution < -0.4 is 10.6 Å². The second-order valence-corrected chi connectivity index (χ2v) is 9.14. The van der Waals surface area contributed by atoms with Crippen LogP contribution in [-0.2, 0) is 23.7 Å². The molecule has 0 atom stereocenters. The molecule has 0 spiro atoms. The molecule has 1 amide bonds. The molecule has 0 radical (unpaired) electrons. The van der Waals surface area contributed by atoms with Gasteiger partial charge in [-0.3, -0.25) is 10.1 Å². The third kappa shape index (κ3) is 6.81. The average molecular weight is 434 g/mol. The summed E-state index contributed by atoms with van der Waals surface area (Å²) in [5.74, 6) is 1.81. The number of halogens is 1. The fraction of sp³-hybridized carbons (Fsp3) is 0.609. The van der Waals surface area contributed by atoms with E-state index in [9.17, 15) is 4.79 Å². The van der Waals surface area contributed by atoms with Crippen LogP contribution in [0, 0.1) is 0 Å². The van der Waals surface area contributed by atoms with Crippen LogP contribution in [0.3, 0.4) is 0 Å². The maximum atomic E-state index is 12.3. The van der Waals surface area contributed by atoms with Gasteiger partial charge in [-0.05, 0) is 61.7 Å². The molecule has 1 aliphatic heterocycles. The standard InChI is InChI=1S/C23H35N5O.ClH/c1-23(2,3)19-11-9-17(10-12-19)7-5-6-8-20(29)25-22-26-21(27-28(22)4)18-13-15-24-16-14-18;/h9-12,18,24H,5-8,13-16H2,1-4H3,(H,25,26,27,29);1H. The van der Waals surface area contributed by atoms with Gasteiger partial charge in [0.1, 0.15) is 0 Å². The Balaban J connectivity index is 0.00000320.